The first-order chi connectivity index (χ1) is 15.6. The molecule has 0 saturated carbocycles. The van der Waals surface area contributed by atoms with Gasteiger partial charge in [-0.2, -0.15) is 5.10 Å². The molecule has 0 aliphatic heterocycles. The minimum atomic E-state index is -0.0631. The summed E-state index contributed by atoms with van der Waals surface area (Å²) in [5.74, 6) is 0.474. The molecule has 5 aromatic rings. The van der Waals surface area contributed by atoms with Crippen molar-refractivity contribution >= 4 is 21.7 Å². The van der Waals surface area contributed by atoms with E-state index in [0.29, 0.717) is 24.3 Å². The maximum atomic E-state index is 13.4. The second-order valence-electron chi connectivity index (χ2n) is 8.46. The molecule has 0 aliphatic carbocycles. The average Bonchev–Trinajstić information content (AvgIpc) is 2.83. The summed E-state index contributed by atoms with van der Waals surface area (Å²) < 4.78 is 1.56. The minimum Gasteiger partial charge on any atom is -0.267 e. The third-order valence-electron chi connectivity index (χ3n) is 6.01. The fourth-order valence-electron chi connectivity index (χ4n) is 4.15. The molecule has 0 bridgehead atoms. The van der Waals surface area contributed by atoms with Crippen molar-refractivity contribution in [1.82, 2.24) is 14.8 Å². The van der Waals surface area contributed by atoms with Crippen LogP contribution in [-0.2, 0) is 13.0 Å². The monoisotopic (exact) mass is 419 g/mol. The van der Waals surface area contributed by atoms with Crippen LogP contribution in [-0.4, -0.2) is 14.8 Å². The highest BCUT2D eigenvalue weighted by atomic mass is 16.1. The van der Waals surface area contributed by atoms with Crippen molar-refractivity contribution in [3.05, 3.63) is 107 Å². The maximum absolute atomic E-state index is 13.4. The predicted molar refractivity (Wildman–Crippen MR) is 131 cm³/mol. The molecule has 0 amide bonds. The number of aromatic nitrogens is 3. The Labute approximate surface area is 187 Å². The molecule has 0 spiro atoms. The van der Waals surface area contributed by atoms with E-state index < -0.39 is 0 Å². The van der Waals surface area contributed by atoms with E-state index in [9.17, 15) is 4.79 Å². The lowest BCUT2D eigenvalue weighted by molar-refractivity contribution is 0.580. The van der Waals surface area contributed by atoms with Crippen molar-refractivity contribution in [2.45, 2.75) is 32.7 Å². The predicted octanol–water partition coefficient (Wildman–Crippen LogP) is 5.98. The molecule has 4 nitrogen and oxygen atoms in total. The molecular weight excluding hydrogens is 394 g/mol. The number of pyridine rings is 1. The van der Waals surface area contributed by atoms with Crippen molar-refractivity contribution in [2.75, 3.05) is 0 Å². The Morgan fingerprint density at radius 2 is 1.62 bits per heavy atom. The van der Waals surface area contributed by atoms with Crippen LogP contribution >= 0.6 is 0 Å². The Kier molecular flexibility index (Phi) is 5.28. The number of benzene rings is 3. The van der Waals surface area contributed by atoms with Crippen LogP contribution < -0.4 is 5.56 Å². The van der Waals surface area contributed by atoms with Crippen LogP contribution in [0.3, 0.4) is 0 Å². The van der Waals surface area contributed by atoms with Gasteiger partial charge in [0.05, 0.1) is 23.6 Å². The van der Waals surface area contributed by atoms with E-state index in [2.05, 4.69) is 55.3 Å². The zero-order valence-corrected chi connectivity index (χ0v) is 18.3. The van der Waals surface area contributed by atoms with Gasteiger partial charge in [0.1, 0.15) is 0 Å². The zero-order valence-electron chi connectivity index (χ0n) is 18.3. The summed E-state index contributed by atoms with van der Waals surface area (Å²) in [5, 5.41) is 7.12. The van der Waals surface area contributed by atoms with Gasteiger partial charge in [-0.05, 0) is 34.7 Å². The van der Waals surface area contributed by atoms with E-state index >= 15 is 0 Å². The lowest BCUT2D eigenvalue weighted by Gasteiger charge is -2.11. The first-order valence-corrected chi connectivity index (χ1v) is 11.0. The number of nitrogens with zero attached hydrogens (tertiary/aromatic N) is 3. The van der Waals surface area contributed by atoms with Crippen LogP contribution in [0.15, 0.2) is 89.9 Å². The molecular formula is C28H25N3O. The summed E-state index contributed by atoms with van der Waals surface area (Å²) in [7, 11) is 0. The van der Waals surface area contributed by atoms with Crippen LogP contribution in [0.4, 0.5) is 0 Å². The Hall–Kier alpha value is -3.79. The molecule has 158 valence electrons. The highest BCUT2D eigenvalue weighted by Crippen LogP contribution is 2.27. The third-order valence-corrected chi connectivity index (χ3v) is 6.01. The van der Waals surface area contributed by atoms with E-state index in [1.54, 1.807) is 10.9 Å². The van der Waals surface area contributed by atoms with Gasteiger partial charge in [0.2, 0.25) is 0 Å². The van der Waals surface area contributed by atoms with Gasteiger partial charge >= 0.3 is 0 Å². The van der Waals surface area contributed by atoms with E-state index in [1.165, 1.54) is 5.56 Å². The van der Waals surface area contributed by atoms with Gasteiger partial charge < -0.3 is 0 Å². The lowest BCUT2D eigenvalue weighted by Crippen LogP contribution is -2.24. The molecule has 0 saturated heterocycles. The molecule has 0 atom stereocenters. The van der Waals surface area contributed by atoms with Gasteiger partial charge in [-0.15, -0.1) is 0 Å². The van der Waals surface area contributed by atoms with Crippen LogP contribution in [0.5, 0.6) is 0 Å². The highest BCUT2D eigenvalue weighted by molar-refractivity contribution is 5.95. The first kappa shape index (κ1) is 20.1. The van der Waals surface area contributed by atoms with Gasteiger partial charge in [-0.1, -0.05) is 80.6 Å². The molecule has 3 aromatic carbocycles. The van der Waals surface area contributed by atoms with Crippen molar-refractivity contribution in [3.8, 4) is 11.1 Å². The third kappa shape index (κ3) is 3.80. The number of para-hydroxylation sites is 1. The molecule has 0 fully saturated rings. The van der Waals surface area contributed by atoms with E-state index in [0.717, 1.165) is 33.1 Å². The largest absolute Gasteiger partial charge is 0.275 e. The molecule has 0 radical (unpaired) electrons. The van der Waals surface area contributed by atoms with Crippen molar-refractivity contribution in [1.29, 1.82) is 0 Å². The summed E-state index contributed by atoms with van der Waals surface area (Å²) in [6.45, 7) is 4.85. The lowest BCUT2D eigenvalue weighted by atomic mass is 9.96. The molecule has 2 heterocycles. The number of fused-ring (bicyclic) bond motifs is 2. The quantitative estimate of drug-likeness (QED) is 0.352. The summed E-state index contributed by atoms with van der Waals surface area (Å²) in [6.07, 6.45) is 2.44. The van der Waals surface area contributed by atoms with Crippen molar-refractivity contribution < 1.29 is 0 Å². The molecule has 4 heteroatoms. The second kappa shape index (κ2) is 8.39. The Bertz CT molecular complexity index is 1470. The SMILES string of the molecule is CC(C)c1ccc(-c2cccc3cnn(CCc4ccc5ccccc5n4)c(=O)c23)cc1. The average molecular weight is 420 g/mol. The smallest absolute Gasteiger partial charge is 0.267 e. The summed E-state index contributed by atoms with van der Waals surface area (Å²) in [6, 6.07) is 26.6. The fourth-order valence-corrected chi connectivity index (χ4v) is 4.15. The number of hydrogen-bond acceptors (Lipinski definition) is 3. The molecule has 5 rings (SSSR count). The first-order valence-electron chi connectivity index (χ1n) is 11.0. The molecule has 0 N–H and O–H groups in total. The van der Waals surface area contributed by atoms with Crippen LogP contribution in [0.1, 0.15) is 31.0 Å². The van der Waals surface area contributed by atoms with E-state index in [1.807, 2.05) is 42.5 Å². The molecule has 32 heavy (non-hydrogen) atoms. The van der Waals surface area contributed by atoms with Crippen molar-refractivity contribution in [2.24, 2.45) is 0 Å². The van der Waals surface area contributed by atoms with Gasteiger partial charge in [0.15, 0.2) is 0 Å². The Balaban J connectivity index is 1.49. The van der Waals surface area contributed by atoms with Gasteiger partial charge in [0.25, 0.3) is 5.56 Å². The topological polar surface area (TPSA) is 47.8 Å². The highest BCUT2D eigenvalue weighted by Gasteiger charge is 2.11. The Morgan fingerprint density at radius 3 is 2.44 bits per heavy atom. The Morgan fingerprint density at radius 1 is 0.844 bits per heavy atom. The van der Waals surface area contributed by atoms with Gasteiger partial charge in [0, 0.05) is 22.9 Å². The normalized spacial score (nSPS) is 11.5. The second-order valence-corrected chi connectivity index (χ2v) is 8.46. The van der Waals surface area contributed by atoms with E-state index in [4.69, 9.17) is 4.98 Å². The zero-order chi connectivity index (χ0) is 22.1. The standard InChI is InChI=1S/C28H25N3O/c1-19(2)20-10-12-21(13-11-20)25-8-5-7-23-18-29-31(28(32)27(23)25)17-16-24-15-14-22-6-3-4-9-26(22)30-24/h3-15,18-19H,16-17H2,1-2H3. The van der Waals surface area contributed by atoms with E-state index in [-0.39, 0.29) is 5.56 Å². The number of hydrogen-bond donors (Lipinski definition) is 0. The summed E-state index contributed by atoms with van der Waals surface area (Å²) in [4.78, 5) is 18.1. The minimum absolute atomic E-state index is 0.0631. The summed E-state index contributed by atoms with van der Waals surface area (Å²) >= 11 is 0. The molecule has 0 unspecified atom stereocenters. The van der Waals surface area contributed by atoms with Gasteiger partial charge in [-0.25, -0.2) is 4.68 Å². The molecule has 2 aromatic heterocycles. The van der Waals surface area contributed by atoms with Gasteiger partial charge in [-0.3, -0.25) is 9.78 Å². The number of aryl methyl sites for hydroxylation is 2. The summed E-state index contributed by atoms with van der Waals surface area (Å²) in [5.41, 5.74) is 5.14. The maximum Gasteiger partial charge on any atom is 0.275 e. The fraction of sp³-hybridized carbons (Fsp3) is 0.179. The number of rotatable bonds is 5. The van der Waals surface area contributed by atoms with Crippen LogP contribution in [0.2, 0.25) is 0 Å². The molecule has 0 aliphatic rings. The van der Waals surface area contributed by atoms with Crippen LogP contribution in [0.25, 0.3) is 32.8 Å². The van der Waals surface area contributed by atoms with Crippen LogP contribution in [0, 0.1) is 0 Å². The van der Waals surface area contributed by atoms with Crippen molar-refractivity contribution in [3.63, 3.8) is 0 Å².